The van der Waals surface area contributed by atoms with E-state index in [0.717, 1.165) is 23.4 Å². The molecule has 0 spiro atoms. The number of hydrogen-bond acceptors (Lipinski definition) is 3. The predicted octanol–water partition coefficient (Wildman–Crippen LogP) is 3.28. The number of benzene rings is 1. The number of nitrogens with one attached hydrogen (secondary N) is 1. The van der Waals surface area contributed by atoms with Gasteiger partial charge in [0.25, 0.3) is 0 Å². The molecule has 4 nitrogen and oxygen atoms in total. The van der Waals surface area contributed by atoms with E-state index in [2.05, 4.69) is 5.32 Å². The smallest absolute Gasteiger partial charge is 0.250 e. The first-order chi connectivity index (χ1) is 10.5. The van der Waals surface area contributed by atoms with Crippen LogP contribution in [0.5, 0.6) is 0 Å². The third-order valence-corrected chi connectivity index (χ3v) is 6.08. The van der Waals surface area contributed by atoms with Crippen LogP contribution in [0.3, 0.4) is 0 Å². The zero-order valence-electron chi connectivity index (χ0n) is 13.1. The number of carbonyl (C=O) groups excluding carboxylic acids is 2. The van der Waals surface area contributed by atoms with Crippen molar-refractivity contribution in [3.8, 4) is 0 Å². The van der Waals surface area contributed by atoms with Crippen molar-refractivity contribution in [1.82, 2.24) is 4.90 Å². The molecular weight excluding hydrogens is 296 g/mol. The molecule has 1 saturated carbocycles. The molecule has 22 heavy (non-hydrogen) atoms. The summed E-state index contributed by atoms with van der Waals surface area (Å²) in [7, 11) is 1.85. The minimum absolute atomic E-state index is 0.0867. The molecule has 2 aliphatic rings. The molecule has 0 saturated heterocycles. The van der Waals surface area contributed by atoms with Gasteiger partial charge in [0.15, 0.2) is 4.75 Å². The number of anilines is 1. The molecule has 1 aliphatic carbocycles. The molecule has 1 heterocycles. The Hall–Kier alpha value is -1.49. The summed E-state index contributed by atoms with van der Waals surface area (Å²) in [5.74, 6) is -0.305. The van der Waals surface area contributed by atoms with Crippen LogP contribution in [0.15, 0.2) is 29.2 Å². The molecule has 0 radical (unpaired) electrons. The first-order valence-electron chi connectivity index (χ1n) is 7.89. The van der Waals surface area contributed by atoms with Crippen LogP contribution in [-0.2, 0) is 9.59 Å². The second-order valence-corrected chi connectivity index (χ2v) is 7.75. The number of thioether (sulfide) groups is 1. The van der Waals surface area contributed by atoms with Crippen molar-refractivity contribution in [2.75, 3.05) is 12.4 Å². The maximum absolute atomic E-state index is 13.0. The van der Waals surface area contributed by atoms with Crippen LogP contribution >= 0.6 is 11.8 Å². The molecule has 2 amide bonds. The maximum atomic E-state index is 13.0. The third kappa shape index (κ3) is 2.62. The minimum atomic E-state index is -1.08. The number of nitrogens with zero attached hydrogens (tertiary/aromatic N) is 1. The molecule has 0 bridgehead atoms. The van der Waals surface area contributed by atoms with Crippen molar-refractivity contribution in [3.05, 3.63) is 24.3 Å². The van der Waals surface area contributed by atoms with E-state index < -0.39 is 4.75 Å². The van der Waals surface area contributed by atoms with Gasteiger partial charge in [-0.3, -0.25) is 9.59 Å². The third-order valence-electron chi connectivity index (χ3n) is 4.73. The van der Waals surface area contributed by atoms with Gasteiger partial charge in [-0.1, -0.05) is 43.2 Å². The lowest BCUT2D eigenvalue weighted by Crippen LogP contribution is -2.55. The molecule has 1 atom stereocenters. The van der Waals surface area contributed by atoms with Gasteiger partial charge in [-0.15, -0.1) is 0 Å². The van der Waals surface area contributed by atoms with Crippen LogP contribution < -0.4 is 5.32 Å². The highest BCUT2D eigenvalue weighted by atomic mass is 32.2. The lowest BCUT2D eigenvalue weighted by molar-refractivity contribution is -0.138. The highest BCUT2D eigenvalue weighted by Crippen LogP contribution is 2.43. The summed E-state index contributed by atoms with van der Waals surface area (Å²) < 4.78 is -1.08. The molecule has 118 valence electrons. The number of para-hydroxylation sites is 1. The van der Waals surface area contributed by atoms with Gasteiger partial charge in [0.2, 0.25) is 11.8 Å². The molecule has 5 heteroatoms. The lowest BCUT2D eigenvalue weighted by Gasteiger charge is -2.39. The number of rotatable bonds is 2. The van der Waals surface area contributed by atoms with Gasteiger partial charge in [0, 0.05) is 18.0 Å². The van der Waals surface area contributed by atoms with Gasteiger partial charge < -0.3 is 10.2 Å². The lowest BCUT2D eigenvalue weighted by atomic mass is 9.93. The van der Waals surface area contributed by atoms with Gasteiger partial charge in [0.05, 0.1) is 5.69 Å². The Bertz CT molecular complexity index is 598. The summed E-state index contributed by atoms with van der Waals surface area (Å²) in [6.07, 6.45) is 5.67. The molecule has 1 unspecified atom stereocenters. The number of carbonyl (C=O) groups is 2. The maximum Gasteiger partial charge on any atom is 0.250 e. The Kier molecular flexibility index (Phi) is 4.17. The van der Waals surface area contributed by atoms with Crippen molar-refractivity contribution >= 4 is 29.3 Å². The van der Waals surface area contributed by atoms with E-state index in [1.807, 2.05) is 31.3 Å². The standard InChI is InChI=1S/C17H22N2O2S/c1-17(16(21)19(2)12-8-4-3-5-9-12)15(20)18-13-10-6-7-11-14(13)22-17/h6-7,10-12H,3-5,8-9H2,1-2H3,(H,18,20). The summed E-state index contributed by atoms with van der Waals surface area (Å²) in [4.78, 5) is 28.3. The number of hydrogen-bond donors (Lipinski definition) is 1. The van der Waals surface area contributed by atoms with Crippen molar-refractivity contribution in [2.24, 2.45) is 0 Å². The predicted molar refractivity (Wildman–Crippen MR) is 89.0 cm³/mol. The first kappa shape index (κ1) is 15.4. The molecule has 3 rings (SSSR count). The minimum Gasteiger partial charge on any atom is -0.341 e. The Morgan fingerprint density at radius 2 is 1.95 bits per heavy atom. The second-order valence-electron chi connectivity index (χ2n) is 6.29. The Balaban J connectivity index is 1.83. The van der Waals surface area contributed by atoms with Crippen molar-refractivity contribution in [1.29, 1.82) is 0 Å². The summed E-state index contributed by atoms with van der Waals surface area (Å²) >= 11 is 1.36. The molecule has 1 aromatic rings. The summed E-state index contributed by atoms with van der Waals surface area (Å²) in [6.45, 7) is 1.74. The van der Waals surface area contributed by atoms with E-state index >= 15 is 0 Å². The largest absolute Gasteiger partial charge is 0.341 e. The van der Waals surface area contributed by atoms with Gasteiger partial charge >= 0.3 is 0 Å². The van der Waals surface area contributed by atoms with Crippen molar-refractivity contribution < 1.29 is 9.59 Å². The van der Waals surface area contributed by atoms with E-state index in [9.17, 15) is 9.59 Å². The Morgan fingerprint density at radius 1 is 1.27 bits per heavy atom. The van der Waals surface area contributed by atoms with E-state index in [-0.39, 0.29) is 17.9 Å². The summed E-state index contributed by atoms with van der Waals surface area (Å²) in [6, 6.07) is 7.90. The van der Waals surface area contributed by atoms with Crippen LogP contribution in [-0.4, -0.2) is 34.6 Å². The first-order valence-corrected chi connectivity index (χ1v) is 8.71. The van der Waals surface area contributed by atoms with Crippen LogP contribution in [0.25, 0.3) is 0 Å². The topological polar surface area (TPSA) is 49.4 Å². The van der Waals surface area contributed by atoms with E-state index in [4.69, 9.17) is 0 Å². The fraction of sp³-hybridized carbons (Fsp3) is 0.529. The molecule has 0 aromatic heterocycles. The van der Waals surface area contributed by atoms with Gasteiger partial charge in [0.1, 0.15) is 0 Å². The number of fused-ring (bicyclic) bond motifs is 1. The molecule has 1 fully saturated rings. The fourth-order valence-electron chi connectivity index (χ4n) is 3.28. The highest BCUT2D eigenvalue weighted by Gasteiger charge is 2.48. The van der Waals surface area contributed by atoms with E-state index in [1.165, 1.54) is 31.0 Å². The average Bonchev–Trinajstić information content (AvgIpc) is 2.55. The fourth-order valence-corrected chi connectivity index (χ4v) is 4.47. The summed E-state index contributed by atoms with van der Waals surface area (Å²) in [5.41, 5.74) is 0.795. The van der Waals surface area contributed by atoms with Gasteiger partial charge in [-0.2, -0.15) is 0 Å². The van der Waals surface area contributed by atoms with Gasteiger partial charge in [-0.25, -0.2) is 0 Å². The van der Waals surface area contributed by atoms with Gasteiger partial charge in [-0.05, 0) is 31.9 Å². The summed E-state index contributed by atoms with van der Waals surface area (Å²) in [5, 5.41) is 2.88. The molecule has 1 N–H and O–H groups in total. The van der Waals surface area contributed by atoms with E-state index in [0.29, 0.717) is 0 Å². The van der Waals surface area contributed by atoms with Crippen LogP contribution in [0.1, 0.15) is 39.0 Å². The zero-order valence-corrected chi connectivity index (χ0v) is 13.9. The van der Waals surface area contributed by atoms with Crippen LogP contribution in [0, 0.1) is 0 Å². The quantitative estimate of drug-likeness (QED) is 0.851. The highest BCUT2D eigenvalue weighted by molar-refractivity contribution is 8.02. The normalized spacial score (nSPS) is 25.3. The van der Waals surface area contributed by atoms with Crippen molar-refractivity contribution in [3.63, 3.8) is 0 Å². The Labute approximate surface area is 135 Å². The van der Waals surface area contributed by atoms with Crippen LogP contribution in [0.2, 0.25) is 0 Å². The SMILES string of the molecule is CN(C(=O)C1(C)Sc2ccccc2NC1=O)C1CCCCC1. The monoisotopic (exact) mass is 318 g/mol. The molecule has 1 aromatic carbocycles. The van der Waals surface area contributed by atoms with E-state index in [1.54, 1.807) is 11.8 Å². The molecule has 1 aliphatic heterocycles. The number of amides is 2. The van der Waals surface area contributed by atoms with Crippen molar-refractivity contribution in [2.45, 2.75) is 54.7 Å². The average molecular weight is 318 g/mol. The zero-order chi connectivity index (χ0) is 15.7. The van der Waals surface area contributed by atoms with Crippen LogP contribution in [0.4, 0.5) is 5.69 Å². The second kappa shape index (κ2) is 5.95. The molecular formula is C17H22N2O2S. The Morgan fingerprint density at radius 3 is 2.68 bits per heavy atom.